The van der Waals surface area contributed by atoms with Gasteiger partial charge in [-0.3, -0.25) is 4.79 Å². The van der Waals surface area contributed by atoms with Crippen molar-refractivity contribution in [1.29, 1.82) is 0 Å². The molecule has 2 aromatic carbocycles. The number of hydrogen-bond donors (Lipinski definition) is 4. The quantitative estimate of drug-likeness (QED) is 0.276. The molecule has 0 atom stereocenters. The van der Waals surface area contributed by atoms with Gasteiger partial charge in [0, 0.05) is 32.3 Å². The molecule has 8 heteroatoms. The predicted octanol–water partition coefficient (Wildman–Crippen LogP) is 4.47. The van der Waals surface area contributed by atoms with Gasteiger partial charge in [-0.15, -0.1) is 0 Å². The van der Waals surface area contributed by atoms with E-state index in [0.717, 1.165) is 16.5 Å². The molecule has 4 aromatic rings. The van der Waals surface area contributed by atoms with Gasteiger partial charge < -0.3 is 25.6 Å². The van der Waals surface area contributed by atoms with E-state index in [9.17, 15) is 9.90 Å². The van der Waals surface area contributed by atoms with Gasteiger partial charge in [0.25, 0.3) is 0 Å². The van der Waals surface area contributed by atoms with Gasteiger partial charge in [-0.05, 0) is 25.0 Å². The number of aromatic nitrogens is 3. The average Bonchev–Trinajstić information content (AvgIpc) is 3.18. The second-order valence-corrected chi connectivity index (χ2v) is 8.42. The van der Waals surface area contributed by atoms with E-state index in [1.165, 1.54) is 6.92 Å². The van der Waals surface area contributed by atoms with Gasteiger partial charge in [-0.1, -0.05) is 60.7 Å². The third kappa shape index (κ3) is 5.11. The van der Waals surface area contributed by atoms with Crippen LogP contribution in [-0.4, -0.2) is 38.6 Å². The average molecular weight is 459 g/mol. The van der Waals surface area contributed by atoms with Gasteiger partial charge in [-0.2, -0.15) is 4.98 Å². The number of nitrogens with zero attached hydrogens (tertiary/aromatic N) is 3. The summed E-state index contributed by atoms with van der Waals surface area (Å²) in [5.74, 6) is 0.980. The Bertz CT molecular complexity index is 1220. The van der Waals surface area contributed by atoms with E-state index < -0.39 is 0 Å². The molecule has 4 rings (SSSR count). The highest BCUT2D eigenvalue weighted by atomic mass is 16.3. The Kier molecular flexibility index (Phi) is 6.96. The number of hydrogen-bond acceptors (Lipinski definition) is 6. The lowest BCUT2D eigenvalue weighted by Gasteiger charge is -2.21. The van der Waals surface area contributed by atoms with Crippen molar-refractivity contribution < 1.29 is 9.90 Å². The molecule has 0 spiro atoms. The Balaban J connectivity index is 1.76. The Morgan fingerprint density at radius 2 is 1.59 bits per heavy atom. The van der Waals surface area contributed by atoms with Gasteiger partial charge >= 0.3 is 0 Å². The molecule has 0 unspecified atom stereocenters. The van der Waals surface area contributed by atoms with Gasteiger partial charge in [0.05, 0.1) is 11.4 Å². The number of carbonyl (C=O) groups excluding carboxylic acids is 1. The summed E-state index contributed by atoms with van der Waals surface area (Å²) in [5.41, 5.74) is 2.65. The zero-order valence-corrected chi connectivity index (χ0v) is 19.6. The maximum absolute atomic E-state index is 11.2. The highest BCUT2D eigenvalue weighted by molar-refractivity contribution is 5.94. The van der Waals surface area contributed by atoms with Crippen molar-refractivity contribution in [3.05, 3.63) is 78.0 Å². The van der Waals surface area contributed by atoms with Crippen molar-refractivity contribution in [1.82, 2.24) is 19.9 Å². The molecule has 0 saturated heterocycles. The molecule has 2 aromatic heterocycles. The van der Waals surface area contributed by atoms with Gasteiger partial charge in [0.2, 0.25) is 17.7 Å². The van der Waals surface area contributed by atoms with Crippen molar-refractivity contribution in [3.8, 4) is 5.88 Å². The molecule has 0 fully saturated rings. The predicted molar refractivity (Wildman–Crippen MR) is 135 cm³/mol. The first-order valence-corrected chi connectivity index (χ1v) is 11.4. The van der Waals surface area contributed by atoms with E-state index in [1.807, 2.05) is 56.4 Å². The van der Waals surface area contributed by atoms with Crippen molar-refractivity contribution in [2.24, 2.45) is 0 Å². The fourth-order valence-corrected chi connectivity index (χ4v) is 3.87. The first kappa shape index (κ1) is 23.1. The molecule has 0 aliphatic rings. The number of amides is 1. The summed E-state index contributed by atoms with van der Waals surface area (Å²) < 4.78 is 1.78. The molecule has 34 heavy (non-hydrogen) atoms. The van der Waals surface area contributed by atoms with Gasteiger partial charge in [-0.25, -0.2) is 4.98 Å². The van der Waals surface area contributed by atoms with E-state index >= 15 is 0 Å². The molecule has 2 heterocycles. The van der Waals surface area contributed by atoms with Crippen molar-refractivity contribution in [2.75, 3.05) is 23.7 Å². The van der Waals surface area contributed by atoms with Crippen LogP contribution in [-0.2, 0) is 4.79 Å². The zero-order chi connectivity index (χ0) is 24.1. The second-order valence-electron chi connectivity index (χ2n) is 8.42. The van der Waals surface area contributed by atoms with Crippen LogP contribution >= 0.6 is 0 Å². The molecule has 0 radical (unpaired) electrons. The molecule has 0 aliphatic heterocycles. The van der Waals surface area contributed by atoms with Crippen LogP contribution in [0.3, 0.4) is 0 Å². The Hall–Kier alpha value is -4.07. The topological polar surface area (TPSA) is 104 Å². The number of fused-ring (bicyclic) bond motifs is 1. The van der Waals surface area contributed by atoms with Crippen molar-refractivity contribution in [2.45, 2.75) is 32.9 Å². The second kappa shape index (κ2) is 10.2. The van der Waals surface area contributed by atoms with Crippen LogP contribution in [0.15, 0.2) is 66.9 Å². The minimum atomic E-state index is -0.155. The van der Waals surface area contributed by atoms with E-state index in [0.29, 0.717) is 30.4 Å². The van der Waals surface area contributed by atoms with Crippen LogP contribution in [0.4, 0.5) is 11.8 Å². The van der Waals surface area contributed by atoms with Crippen LogP contribution in [0.25, 0.3) is 10.9 Å². The Morgan fingerprint density at radius 1 is 0.971 bits per heavy atom. The number of aromatic hydroxyl groups is 1. The van der Waals surface area contributed by atoms with Crippen LogP contribution in [0.1, 0.15) is 44.0 Å². The van der Waals surface area contributed by atoms with Crippen molar-refractivity contribution in [3.63, 3.8) is 0 Å². The summed E-state index contributed by atoms with van der Waals surface area (Å²) in [6, 6.07) is 20.2. The van der Waals surface area contributed by atoms with Crippen LogP contribution in [0.2, 0.25) is 0 Å². The van der Waals surface area contributed by atoms with Crippen LogP contribution in [0, 0.1) is 0 Å². The monoisotopic (exact) mass is 458 g/mol. The molecular formula is C26H30N6O2. The molecule has 1 amide bonds. The maximum atomic E-state index is 11.2. The number of nitrogens with one attached hydrogen (secondary N) is 3. The number of benzene rings is 2. The zero-order valence-electron chi connectivity index (χ0n) is 19.6. The summed E-state index contributed by atoms with van der Waals surface area (Å²) in [4.78, 5) is 20.5. The van der Waals surface area contributed by atoms with Gasteiger partial charge in [0.1, 0.15) is 11.3 Å². The van der Waals surface area contributed by atoms with E-state index in [1.54, 1.807) is 4.57 Å². The third-order valence-electron chi connectivity index (χ3n) is 5.56. The molecule has 176 valence electrons. The maximum Gasteiger partial charge on any atom is 0.225 e. The fraction of sp³-hybridized carbons (Fsp3) is 0.269. The molecular weight excluding hydrogens is 428 g/mol. The molecule has 0 saturated carbocycles. The first-order valence-electron chi connectivity index (χ1n) is 11.4. The smallest absolute Gasteiger partial charge is 0.225 e. The number of carbonyl (C=O) groups is 1. The highest BCUT2D eigenvalue weighted by Gasteiger charge is 2.21. The van der Waals surface area contributed by atoms with Crippen LogP contribution in [0.5, 0.6) is 5.88 Å². The summed E-state index contributed by atoms with van der Waals surface area (Å²) in [6.45, 7) is 6.38. The normalized spacial score (nSPS) is 11.2. The lowest BCUT2D eigenvalue weighted by atomic mass is 9.98. The Labute approximate surface area is 199 Å². The summed E-state index contributed by atoms with van der Waals surface area (Å²) >= 11 is 0. The Morgan fingerprint density at radius 3 is 2.15 bits per heavy atom. The lowest BCUT2D eigenvalue weighted by Crippen LogP contribution is -2.26. The minimum absolute atomic E-state index is 0.0530. The molecule has 0 aliphatic carbocycles. The number of anilines is 2. The summed E-state index contributed by atoms with van der Waals surface area (Å²) in [7, 11) is 0. The van der Waals surface area contributed by atoms with E-state index in [-0.39, 0.29) is 23.9 Å². The summed E-state index contributed by atoms with van der Waals surface area (Å²) in [6.07, 6.45) is 1.88. The fourth-order valence-electron chi connectivity index (χ4n) is 3.87. The minimum Gasteiger partial charge on any atom is -0.493 e. The molecule has 0 bridgehead atoms. The number of rotatable bonds is 9. The van der Waals surface area contributed by atoms with Crippen LogP contribution < -0.4 is 16.0 Å². The SMILES string of the molecule is CC(=O)NCCNc1nc(NC(c2ccccc2)c2ccccc2)c2cn(C(C)C)c(O)c2n1. The third-order valence-corrected chi connectivity index (χ3v) is 5.56. The van der Waals surface area contributed by atoms with Gasteiger partial charge in [0.15, 0.2) is 0 Å². The van der Waals surface area contributed by atoms with E-state index in [4.69, 9.17) is 4.98 Å². The largest absolute Gasteiger partial charge is 0.493 e. The highest BCUT2D eigenvalue weighted by Crippen LogP contribution is 2.35. The molecule has 4 N–H and O–H groups in total. The first-order chi connectivity index (χ1) is 16.4. The van der Waals surface area contributed by atoms with E-state index in [2.05, 4.69) is 45.2 Å². The molecule has 8 nitrogen and oxygen atoms in total. The lowest BCUT2D eigenvalue weighted by molar-refractivity contribution is -0.118. The standard InChI is InChI=1S/C26H30N6O2/c1-17(2)32-16-21-23(25(32)34)30-26(28-15-14-27-18(3)33)31-24(21)29-22(19-10-6-4-7-11-19)20-12-8-5-9-13-20/h4-13,16-17,22,34H,14-15H2,1-3H3,(H,27,33)(H2,28,29,30,31). The summed E-state index contributed by atoms with van der Waals surface area (Å²) in [5, 5.41) is 21.1. The van der Waals surface area contributed by atoms with Crippen molar-refractivity contribution >= 4 is 28.6 Å².